The highest BCUT2D eigenvalue weighted by Crippen LogP contribution is 2.27. The number of rotatable bonds is 6. The molecule has 2 saturated heterocycles. The van der Waals surface area contributed by atoms with Crippen LogP contribution in [-0.2, 0) is 11.2 Å². The van der Waals surface area contributed by atoms with Crippen LogP contribution in [0.1, 0.15) is 24.8 Å². The van der Waals surface area contributed by atoms with Gasteiger partial charge in [-0.2, -0.15) is 0 Å². The lowest BCUT2D eigenvalue weighted by atomic mass is 9.86. The number of aliphatic hydroxyl groups excluding tert-OH is 1. The van der Waals surface area contributed by atoms with Crippen LogP contribution in [0.25, 0.3) is 0 Å². The summed E-state index contributed by atoms with van der Waals surface area (Å²) >= 11 is 0. The molecule has 28 heavy (non-hydrogen) atoms. The van der Waals surface area contributed by atoms with Crippen molar-refractivity contribution in [2.24, 2.45) is 5.92 Å². The van der Waals surface area contributed by atoms with E-state index in [0.717, 1.165) is 45.4 Å². The summed E-state index contributed by atoms with van der Waals surface area (Å²) in [7, 11) is 2.14. The van der Waals surface area contributed by atoms with Gasteiger partial charge in [0, 0.05) is 63.7 Å². The van der Waals surface area contributed by atoms with Crippen molar-refractivity contribution in [3.8, 4) is 0 Å². The molecule has 3 rings (SSSR count). The molecule has 1 aromatic rings. The van der Waals surface area contributed by atoms with Crippen molar-refractivity contribution in [2.45, 2.75) is 31.7 Å². The third kappa shape index (κ3) is 5.09. The fourth-order valence-corrected chi connectivity index (χ4v) is 4.36. The molecule has 0 saturated carbocycles. The number of carbonyl (C=O) groups excluding carboxylic acids is 1. The molecule has 2 aliphatic rings. The van der Waals surface area contributed by atoms with E-state index in [-0.39, 0.29) is 24.5 Å². The summed E-state index contributed by atoms with van der Waals surface area (Å²) in [5, 5.41) is 9.28. The molecule has 1 aromatic heterocycles. The van der Waals surface area contributed by atoms with Crippen molar-refractivity contribution in [3.05, 3.63) is 32.6 Å². The third-order valence-corrected chi connectivity index (χ3v) is 6.02. The molecule has 0 aliphatic carbocycles. The minimum absolute atomic E-state index is 0.0159. The van der Waals surface area contributed by atoms with Crippen molar-refractivity contribution in [1.82, 2.24) is 24.7 Å². The Bertz CT molecular complexity index is 768. The number of amides is 1. The fourth-order valence-electron chi connectivity index (χ4n) is 4.36. The molecule has 0 spiro atoms. The predicted molar refractivity (Wildman–Crippen MR) is 105 cm³/mol. The smallest absolute Gasteiger partial charge is 0.325 e. The zero-order valence-corrected chi connectivity index (χ0v) is 16.5. The van der Waals surface area contributed by atoms with Crippen LogP contribution in [0.3, 0.4) is 0 Å². The van der Waals surface area contributed by atoms with Gasteiger partial charge in [-0.3, -0.25) is 19.5 Å². The van der Waals surface area contributed by atoms with Crippen LogP contribution in [-0.4, -0.2) is 94.6 Å². The van der Waals surface area contributed by atoms with Gasteiger partial charge in [0.15, 0.2) is 0 Å². The molecule has 9 heteroatoms. The molecule has 2 aliphatic heterocycles. The van der Waals surface area contributed by atoms with Gasteiger partial charge >= 0.3 is 5.69 Å². The first-order valence-electron chi connectivity index (χ1n) is 10.1. The topological polar surface area (TPSA) is 113 Å². The average Bonchev–Trinajstić information content (AvgIpc) is 2.69. The van der Waals surface area contributed by atoms with E-state index in [1.165, 1.54) is 6.20 Å². The summed E-state index contributed by atoms with van der Waals surface area (Å²) in [6, 6.07) is 0.431. The second-order valence-corrected chi connectivity index (χ2v) is 7.93. The summed E-state index contributed by atoms with van der Waals surface area (Å²) in [5.74, 6) is 0.227. The first-order chi connectivity index (χ1) is 13.5. The Balaban J connectivity index is 1.64. The Morgan fingerprint density at radius 3 is 2.64 bits per heavy atom. The van der Waals surface area contributed by atoms with Gasteiger partial charge in [-0.05, 0) is 32.2 Å². The van der Waals surface area contributed by atoms with Crippen LogP contribution >= 0.6 is 0 Å². The van der Waals surface area contributed by atoms with Gasteiger partial charge in [0.1, 0.15) is 0 Å². The normalized spacial score (nSPS) is 24.4. The Kier molecular flexibility index (Phi) is 7.03. The molecule has 0 aromatic carbocycles. The van der Waals surface area contributed by atoms with Crippen molar-refractivity contribution < 1.29 is 9.90 Å². The Morgan fingerprint density at radius 1 is 1.21 bits per heavy atom. The largest absolute Gasteiger partial charge is 0.396 e. The first-order valence-corrected chi connectivity index (χ1v) is 10.1. The van der Waals surface area contributed by atoms with Gasteiger partial charge < -0.3 is 19.9 Å². The molecular weight excluding hydrogens is 362 g/mol. The van der Waals surface area contributed by atoms with E-state index in [1.807, 2.05) is 4.90 Å². The van der Waals surface area contributed by atoms with E-state index in [9.17, 15) is 19.5 Å². The van der Waals surface area contributed by atoms with Gasteiger partial charge in [-0.25, -0.2) is 4.79 Å². The number of carbonyl (C=O) groups is 1. The van der Waals surface area contributed by atoms with Crippen molar-refractivity contribution >= 4 is 5.91 Å². The monoisotopic (exact) mass is 393 g/mol. The molecule has 0 bridgehead atoms. The number of hydrogen-bond donors (Lipinski definition) is 3. The highest BCUT2D eigenvalue weighted by molar-refractivity contribution is 5.78. The number of piperazine rings is 1. The molecule has 0 unspecified atom stereocenters. The lowest BCUT2D eigenvalue weighted by Gasteiger charge is -2.46. The van der Waals surface area contributed by atoms with Crippen LogP contribution in [0.2, 0.25) is 0 Å². The molecular formula is C19H31N5O4. The van der Waals surface area contributed by atoms with Gasteiger partial charge in [-0.1, -0.05) is 0 Å². The number of piperidine rings is 1. The van der Waals surface area contributed by atoms with Crippen molar-refractivity contribution in [3.63, 3.8) is 0 Å². The number of hydrogen-bond acceptors (Lipinski definition) is 6. The van der Waals surface area contributed by atoms with E-state index in [2.05, 4.69) is 26.8 Å². The zero-order chi connectivity index (χ0) is 20.1. The summed E-state index contributed by atoms with van der Waals surface area (Å²) < 4.78 is 0. The molecule has 3 N–H and O–H groups in total. The SMILES string of the molecule is CN1CCN([C@@H]2CCN(C(=O)Cc3c[nH]c(=O)[nH]c3=O)C[C@@H]2CCCO)CC1. The van der Waals surface area contributed by atoms with Crippen LogP contribution in [0.4, 0.5) is 0 Å². The average molecular weight is 393 g/mol. The Morgan fingerprint density at radius 2 is 1.96 bits per heavy atom. The number of likely N-dealkylation sites (N-methyl/N-ethyl adjacent to an activating group) is 1. The molecule has 3 heterocycles. The number of aliphatic hydroxyl groups is 1. The molecule has 1 amide bonds. The second kappa shape index (κ2) is 9.49. The van der Waals surface area contributed by atoms with Crippen LogP contribution in [0.15, 0.2) is 15.8 Å². The maximum absolute atomic E-state index is 12.8. The summed E-state index contributed by atoms with van der Waals surface area (Å²) in [6.45, 7) is 5.67. The highest BCUT2D eigenvalue weighted by Gasteiger charge is 2.35. The molecule has 2 atom stereocenters. The Labute approximate surface area is 164 Å². The first kappa shape index (κ1) is 20.8. The number of nitrogens with one attached hydrogen (secondary N) is 2. The summed E-state index contributed by atoms with van der Waals surface area (Å²) in [5.41, 5.74) is -0.808. The summed E-state index contributed by atoms with van der Waals surface area (Å²) in [4.78, 5) is 47.1. The van der Waals surface area contributed by atoms with Crippen LogP contribution < -0.4 is 11.2 Å². The van der Waals surface area contributed by atoms with Crippen molar-refractivity contribution in [2.75, 3.05) is 52.9 Å². The zero-order valence-electron chi connectivity index (χ0n) is 16.5. The van der Waals surface area contributed by atoms with Gasteiger partial charge in [0.2, 0.25) is 5.91 Å². The molecule has 2 fully saturated rings. The number of H-pyrrole nitrogens is 2. The quantitative estimate of drug-likeness (QED) is 0.562. The minimum Gasteiger partial charge on any atom is -0.396 e. The van der Waals surface area contributed by atoms with Gasteiger partial charge in [0.05, 0.1) is 6.42 Å². The van der Waals surface area contributed by atoms with Gasteiger partial charge in [0.25, 0.3) is 5.56 Å². The maximum Gasteiger partial charge on any atom is 0.325 e. The van der Waals surface area contributed by atoms with E-state index >= 15 is 0 Å². The second-order valence-electron chi connectivity index (χ2n) is 7.93. The molecule has 0 radical (unpaired) electrons. The van der Waals surface area contributed by atoms with E-state index in [0.29, 0.717) is 25.0 Å². The van der Waals surface area contributed by atoms with Crippen molar-refractivity contribution in [1.29, 1.82) is 0 Å². The lowest BCUT2D eigenvalue weighted by molar-refractivity contribution is -0.133. The Hall–Kier alpha value is -1.97. The standard InChI is InChI=1S/C19H31N5O4/c1-22-6-8-23(9-7-22)16-4-5-24(13-14(16)3-2-10-25)17(26)11-15-12-20-19(28)21-18(15)27/h12,14,16,25H,2-11,13H2,1H3,(H2,20,21,27,28)/t14-,16+/m0/s1. The summed E-state index contributed by atoms with van der Waals surface area (Å²) in [6.07, 6.45) is 3.83. The highest BCUT2D eigenvalue weighted by atomic mass is 16.3. The predicted octanol–water partition coefficient (Wildman–Crippen LogP) is -1.16. The number of aromatic nitrogens is 2. The van der Waals surface area contributed by atoms with E-state index in [1.54, 1.807) is 0 Å². The van der Waals surface area contributed by atoms with Crippen LogP contribution in [0.5, 0.6) is 0 Å². The maximum atomic E-state index is 12.8. The van der Waals surface area contributed by atoms with Gasteiger partial charge in [-0.15, -0.1) is 0 Å². The lowest BCUT2D eigenvalue weighted by Crippen LogP contribution is -2.57. The van der Waals surface area contributed by atoms with E-state index < -0.39 is 11.2 Å². The fraction of sp³-hybridized carbons (Fsp3) is 0.737. The number of nitrogens with zero attached hydrogens (tertiary/aromatic N) is 3. The van der Waals surface area contributed by atoms with E-state index in [4.69, 9.17) is 0 Å². The number of likely N-dealkylation sites (tertiary alicyclic amines) is 1. The third-order valence-electron chi connectivity index (χ3n) is 6.02. The molecule has 9 nitrogen and oxygen atoms in total. The number of aromatic amines is 2. The van der Waals surface area contributed by atoms with Crippen LogP contribution in [0, 0.1) is 5.92 Å². The minimum atomic E-state index is -0.571. The molecule has 156 valence electrons.